The lowest BCUT2D eigenvalue weighted by Gasteiger charge is -2.01. The molecule has 0 saturated carbocycles. The highest BCUT2D eigenvalue weighted by atomic mass is 32.2. The first kappa shape index (κ1) is 12.9. The molecule has 0 aliphatic rings. The molecule has 0 aliphatic carbocycles. The van der Waals surface area contributed by atoms with Gasteiger partial charge in [0.2, 0.25) is 0 Å². The number of anilines is 1. The van der Waals surface area contributed by atoms with Gasteiger partial charge in [0.05, 0.1) is 5.75 Å². The first-order chi connectivity index (χ1) is 8.65. The average Bonchev–Trinajstić information content (AvgIpc) is 2.75. The van der Waals surface area contributed by atoms with Crippen LogP contribution in [0.15, 0.2) is 33.7 Å². The monoisotopic (exact) mass is 267 g/mol. The Morgan fingerprint density at radius 2 is 2.17 bits per heavy atom. The summed E-state index contributed by atoms with van der Waals surface area (Å²) >= 11 is 1.34. The van der Waals surface area contributed by atoms with Crippen molar-refractivity contribution < 1.29 is 8.91 Å². The Bertz CT molecular complexity index is 516. The van der Waals surface area contributed by atoms with E-state index in [4.69, 9.17) is 4.52 Å². The summed E-state index contributed by atoms with van der Waals surface area (Å²) in [6.45, 7) is 3.97. The number of nitrogens with zero attached hydrogens (tertiary/aromatic N) is 2. The molecule has 4 nitrogen and oxygen atoms in total. The number of rotatable bonds is 5. The second-order valence-electron chi connectivity index (χ2n) is 4.03. The Kier molecular flexibility index (Phi) is 4.19. The molecule has 1 aromatic heterocycles. The molecule has 96 valence electrons. The van der Waals surface area contributed by atoms with Gasteiger partial charge in [0, 0.05) is 10.9 Å². The van der Waals surface area contributed by atoms with Gasteiger partial charge in [0.15, 0.2) is 5.82 Å². The third kappa shape index (κ3) is 3.46. The van der Waals surface area contributed by atoms with Gasteiger partial charge in [-0.25, -0.2) is 4.39 Å². The fourth-order valence-corrected chi connectivity index (χ4v) is 2.10. The largest absolute Gasteiger partial charge is 0.336 e. The first-order valence-electron chi connectivity index (χ1n) is 5.61. The second-order valence-corrected chi connectivity index (χ2v) is 5.05. The van der Waals surface area contributed by atoms with Gasteiger partial charge in [-0.2, -0.15) is 4.98 Å². The summed E-state index contributed by atoms with van der Waals surface area (Å²) < 4.78 is 18.4. The van der Waals surface area contributed by atoms with Gasteiger partial charge in [0.25, 0.3) is 0 Å². The van der Waals surface area contributed by atoms with E-state index in [-0.39, 0.29) is 11.9 Å². The number of hydrogen-bond acceptors (Lipinski definition) is 5. The van der Waals surface area contributed by atoms with Crippen molar-refractivity contribution in [1.82, 2.24) is 10.1 Å². The van der Waals surface area contributed by atoms with Gasteiger partial charge in [-0.15, -0.1) is 11.8 Å². The van der Waals surface area contributed by atoms with E-state index in [2.05, 4.69) is 15.5 Å². The lowest BCUT2D eigenvalue weighted by molar-refractivity contribution is 0.422. The molecular weight excluding hydrogens is 253 g/mol. The van der Waals surface area contributed by atoms with Crippen LogP contribution in [0.1, 0.15) is 19.7 Å². The molecule has 0 saturated heterocycles. The number of thioether (sulfide) groups is 1. The number of benzene rings is 1. The van der Waals surface area contributed by atoms with Crippen molar-refractivity contribution in [2.75, 3.05) is 5.32 Å². The van der Waals surface area contributed by atoms with Crippen molar-refractivity contribution in [1.29, 1.82) is 0 Å². The smallest absolute Gasteiger partial charge is 0.321 e. The summed E-state index contributed by atoms with van der Waals surface area (Å²) in [4.78, 5) is 4.75. The van der Waals surface area contributed by atoms with Crippen LogP contribution >= 0.6 is 11.8 Å². The topological polar surface area (TPSA) is 51.0 Å². The third-order valence-corrected chi connectivity index (χ3v) is 3.12. The summed E-state index contributed by atoms with van der Waals surface area (Å²) in [6.07, 6.45) is 0. The normalized spacial score (nSPS) is 10.9. The Morgan fingerprint density at radius 1 is 1.39 bits per heavy atom. The van der Waals surface area contributed by atoms with E-state index in [0.29, 0.717) is 22.5 Å². The van der Waals surface area contributed by atoms with Crippen LogP contribution in [-0.4, -0.2) is 16.2 Å². The zero-order valence-corrected chi connectivity index (χ0v) is 11.0. The molecule has 1 N–H and O–H groups in total. The average molecular weight is 267 g/mol. The summed E-state index contributed by atoms with van der Waals surface area (Å²) in [5.74, 6) is 0.794. The van der Waals surface area contributed by atoms with Gasteiger partial charge in [-0.3, -0.25) is 0 Å². The maximum atomic E-state index is 13.4. The van der Waals surface area contributed by atoms with Crippen molar-refractivity contribution in [2.24, 2.45) is 0 Å². The maximum Gasteiger partial charge on any atom is 0.321 e. The maximum absolute atomic E-state index is 13.4. The predicted molar refractivity (Wildman–Crippen MR) is 69.0 cm³/mol. The Labute approximate surface area is 109 Å². The van der Waals surface area contributed by atoms with Gasteiger partial charge in [-0.1, -0.05) is 17.3 Å². The number of hydrogen-bond donors (Lipinski definition) is 1. The molecule has 2 rings (SSSR count). The van der Waals surface area contributed by atoms with Crippen molar-refractivity contribution in [3.63, 3.8) is 0 Å². The van der Waals surface area contributed by atoms with Gasteiger partial charge < -0.3 is 9.84 Å². The standard InChI is InChI=1S/C12H14FN3OS/c1-8(2)14-12-15-11(16-17-12)7-18-10-6-4-3-5-9(10)13/h3-6,8H,7H2,1-2H3,(H,14,15,16). The highest BCUT2D eigenvalue weighted by molar-refractivity contribution is 7.98. The summed E-state index contributed by atoms with van der Waals surface area (Å²) in [5, 5.41) is 6.83. The van der Waals surface area contributed by atoms with Crippen LogP contribution in [0, 0.1) is 5.82 Å². The Hall–Kier alpha value is -1.56. The van der Waals surface area contributed by atoms with Crippen molar-refractivity contribution >= 4 is 17.8 Å². The van der Waals surface area contributed by atoms with Crippen LogP contribution in [0.5, 0.6) is 0 Å². The zero-order valence-electron chi connectivity index (χ0n) is 10.2. The number of nitrogens with one attached hydrogen (secondary N) is 1. The van der Waals surface area contributed by atoms with Crippen LogP contribution in [0.3, 0.4) is 0 Å². The molecule has 6 heteroatoms. The molecule has 0 fully saturated rings. The molecule has 0 unspecified atom stereocenters. The van der Waals surface area contributed by atoms with E-state index in [9.17, 15) is 4.39 Å². The van der Waals surface area contributed by atoms with Crippen LogP contribution in [0.4, 0.5) is 10.4 Å². The van der Waals surface area contributed by atoms with Crippen LogP contribution < -0.4 is 5.32 Å². The lowest BCUT2D eigenvalue weighted by atomic mass is 10.3. The molecule has 2 aromatic rings. The fourth-order valence-electron chi connectivity index (χ4n) is 1.32. The van der Waals surface area contributed by atoms with E-state index in [1.54, 1.807) is 18.2 Å². The molecular formula is C12H14FN3OS. The Balaban J connectivity index is 1.94. The van der Waals surface area contributed by atoms with Gasteiger partial charge >= 0.3 is 6.01 Å². The van der Waals surface area contributed by atoms with E-state index >= 15 is 0 Å². The summed E-state index contributed by atoms with van der Waals surface area (Å²) in [7, 11) is 0. The SMILES string of the molecule is CC(C)Nc1nc(CSc2ccccc2F)no1. The van der Waals surface area contributed by atoms with Crippen LogP contribution in [0.25, 0.3) is 0 Å². The van der Waals surface area contributed by atoms with Crippen molar-refractivity contribution in [3.8, 4) is 0 Å². The molecule has 1 heterocycles. The van der Waals surface area contributed by atoms with Gasteiger partial charge in [0.1, 0.15) is 5.82 Å². The van der Waals surface area contributed by atoms with Crippen LogP contribution in [0.2, 0.25) is 0 Å². The number of aromatic nitrogens is 2. The molecule has 0 radical (unpaired) electrons. The minimum atomic E-state index is -0.230. The molecule has 0 spiro atoms. The van der Waals surface area contributed by atoms with E-state index in [1.165, 1.54) is 17.8 Å². The summed E-state index contributed by atoms with van der Waals surface area (Å²) in [5.41, 5.74) is 0. The highest BCUT2D eigenvalue weighted by Gasteiger charge is 2.08. The number of halogens is 1. The minimum Gasteiger partial charge on any atom is -0.336 e. The quantitative estimate of drug-likeness (QED) is 0.842. The van der Waals surface area contributed by atoms with E-state index < -0.39 is 0 Å². The van der Waals surface area contributed by atoms with E-state index in [1.807, 2.05) is 13.8 Å². The zero-order chi connectivity index (χ0) is 13.0. The Morgan fingerprint density at radius 3 is 2.89 bits per heavy atom. The van der Waals surface area contributed by atoms with Gasteiger partial charge in [-0.05, 0) is 26.0 Å². The second kappa shape index (κ2) is 5.86. The summed E-state index contributed by atoms with van der Waals surface area (Å²) in [6, 6.07) is 7.26. The molecule has 0 atom stereocenters. The van der Waals surface area contributed by atoms with Crippen molar-refractivity contribution in [2.45, 2.75) is 30.5 Å². The molecule has 0 aliphatic heterocycles. The molecule has 0 bridgehead atoms. The fraction of sp³-hybridized carbons (Fsp3) is 0.333. The predicted octanol–water partition coefficient (Wildman–Crippen LogP) is 3.32. The van der Waals surface area contributed by atoms with E-state index in [0.717, 1.165) is 0 Å². The molecule has 1 aromatic carbocycles. The first-order valence-corrected chi connectivity index (χ1v) is 6.60. The minimum absolute atomic E-state index is 0.230. The lowest BCUT2D eigenvalue weighted by Crippen LogP contribution is -2.09. The molecule has 0 amide bonds. The van der Waals surface area contributed by atoms with Crippen LogP contribution in [-0.2, 0) is 5.75 Å². The van der Waals surface area contributed by atoms with Crippen molar-refractivity contribution in [3.05, 3.63) is 35.9 Å². The highest BCUT2D eigenvalue weighted by Crippen LogP contribution is 2.24. The molecule has 18 heavy (non-hydrogen) atoms. The third-order valence-electron chi connectivity index (χ3n) is 2.07.